The van der Waals surface area contributed by atoms with Crippen LogP contribution in [-0.4, -0.2) is 10.2 Å². The lowest BCUT2D eigenvalue weighted by molar-refractivity contribution is 0.224. The molecule has 2 N–H and O–H groups in total. The van der Waals surface area contributed by atoms with Gasteiger partial charge in [-0.25, -0.2) is 0 Å². The molecule has 0 amide bonds. The Kier molecular flexibility index (Phi) is 8.54. The number of rotatable bonds is 11. The molecule has 2 nitrogen and oxygen atoms in total. The molecule has 0 bridgehead atoms. The molecule has 3 atom stereocenters. The molecule has 0 aliphatic carbocycles. The zero-order valence-corrected chi connectivity index (χ0v) is 24.2. The summed E-state index contributed by atoms with van der Waals surface area (Å²) >= 11 is 0. The Balaban J connectivity index is 1.88. The predicted octanol–water partition coefficient (Wildman–Crippen LogP) is 9.54. The summed E-state index contributed by atoms with van der Waals surface area (Å²) in [5.74, 6) is 1.14. The standard InChI is InChI=1S/C37H44O2/c1-6-28(2)25-35(3,29-13-9-7-10-14-29)26-36(4,30-15-11-8-12-16-30)27-37(5,31-17-21-33(38)22-18-31)32-19-23-34(39)24-20-32/h7-24,28,38-39H,6,25-27H2,1-5H3. The third-order valence-electron chi connectivity index (χ3n) is 8.97. The number of phenolic OH excluding ortho intramolecular Hbond substituents is 2. The average Bonchev–Trinajstić information content (AvgIpc) is 2.94. The molecule has 0 saturated carbocycles. The van der Waals surface area contributed by atoms with E-state index in [-0.39, 0.29) is 27.7 Å². The summed E-state index contributed by atoms with van der Waals surface area (Å²) in [6.45, 7) is 11.9. The van der Waals surface area contributed by atoms with Crippen LogP contribution in [0.5, 0.6) is 11.5 Å². The molecule has 0 radical (unpaired) electrons. The molecule has 0 spiro atoms. The van der Waals surface area contributed by atoms with Gasteiger partial charge in [0.05, 0.1) is 0 Å². The lowest BCUT2D eigenvalue weighted by Gasteiger charge is -2.46. The highest BCUT2D eigenvalue weighted by molar-refractivity contribution is 5.44. The number of hydrogen-bond acceptors (Lipinski definition) is 2. The maximum atomic E-state index is 10.1. The van der Waals surface area contributed by atoms with Crippen LogP contribution in [0.3, 0.4) is 0 Å². The molecule has 0 fully saturated rings. The van der Waals surface area contributed by atoms with Gasteiger partial charge in [-0.05, 0) is 82.5 Å². The molecule has 0 saturated heterocycles. The number of aromatic hydroxyl groups is 2. The molecule has 0 aliphatic heterocycles. The van der Waals surface area contributed by atoms with Crippen molar-refractivity contribution in [3.8, 4) is 11.5 Å². The molecule has 39 heavy (non-hydrogen) atoms. The molecule has 4 aromatic rings. The molecule has 4 rings (SSSR count). The van der Waals surface area contributed by atoms with Gasteiger partial charge in [0.15, 0.2) is 0 Å². The minimum Gasteiger partial charge on any atom is -0.508 e. The fourth-order valence-corrected chi connectivity index (χ4v) is 6.82. The number of benzene rings is 4. The SMILES string of the molecule is CCC(C)CC(C)(CC(C)(CC(C)(c1ccc(O)cc1)c1ccc(O)cc1)c1ccccc1)c1ccccc1. The minimum absolute atomic E-state index is 0.0217. The van der Waals surface area contributed by atoms with Crippen molar-refractivity contribution < 1.29 is 10.2 Å². The van der Waals surface area contributed by atoms with Crippen LogP contribution < -0.4 is 0 Å². The zero-order valence-electron chi connectivity index (χ0n) is 24.2. The average molecular weight is 521 g/mol. The summed E-state index contributed by atoms with van der Waals surface area (Å²) in [5.41, 5.74) is 4.46. The molecule has 204 valence electrons. The highest BCUT2D eigenvalue weighted by atomic mass is 16.3. The number of hydrogen-bond donors (Lipinski definition) is 2. The number of phenols is 2. The van der Waals surface area contributed by atoms with E-state index < -0.39 is 0 Å². The van der Waals surface area contributed by atoms with E-state index in [2.05, 4.69) is 95.3 Å². The van der Waals surface area contributed by atoms with Crippen molar-refractivity contribution >= 4 is 0 Å². The van der Waals surface area contributed by atoms with Crippen LogP contribution in [0.1, 0.15) is 82.6 Å². The van der Waals surface area contributed by atoms with Gasteiger partial charge in [0.2, 0.25) is 0 Å². The molecular weight excluding hydrogens is 476 g/mol. The van der Waals surface area contributed by atoms with Crippen LogP contribution >= 0.6 is 0 Å². The Bertz CT molecular complexity index is 1270. The first kappa shape index (κ1) is 28.5. The van der Waals surface area contributed by atoms with E-state index in [1.54, 1.807) is 24.3 Å². The van der Waals surface area contributed by atoms with Crippen molar-refractivity contribution in [1.82, 2.24) is 0 Å². The zero-order chi connectivity index (χ0) is 28.1. The molecular formula is C37H44O2. The normalized spacial score (nSPS) is 15.7. The largest absolute Gasteiger partial charge is 0.508 e. The lowest BCUT2D eigenvalue weighted by atomic mass is 9.57. The molecule has 2 heteroatoms. The van der Waals surface area contributed by atoms with E-state index in [1.807, 2.05) is 24.3 Å². The fourth-order valence-electron chi connectivity index (χ4n) is 6.82. The van der Waals surface area contributed by atoms with E-state index >= 15 is 0 Å². The second-order valence-electron chi connectivity index (χ2n) is 12.4. The van der Waals surface area contributed by atoms with E-state index in [0.717, 1.165) is 36.8 Å². The molecule has 0 heterocycles. The topological polar surface area (TPSA) is 40.5 Å². The summed E-state index contributed by atoms with van der Waals surface area (Å²) in [6.07, 6.45) is 4.13. The predicted molar refractivity (Wildman–Crippen MR) is 164 cm³/mol. The third kappa shape index (κ3) is 6.38. The van der Waals surface area contributed by atoms with Gasteiger partial charge < -0.3 is 10.2 Å². The monoisotopic (exact) mass is 520 g/mol. The highest BCUT2D eigenvalue weighted by Gasteiger charge is 2.44. The smallest absolute Gasteiger partial charge is 0.115 e. The maximum absolute atomic E-state index is 10.1. The van der Waals surface area contributed by atoms with Crippen LogP contribution in [0.2, 0.25) is 0 Å². The van der Waals surface area contributed by atoms with Crippen LogP contribution in [0.25, 0.3) is 0 Å². The van der Waals surface area contributed by atoms with Crippen molar-refractivity contribution in [2.75, 3.05) is 0 Å². The third-order valence-corrected chi connectivity index (χ3v) is 8.97. The van der Waals surface area contributed by atoms with Gasteiger partial charge in [0, 0.05) is 5.41 Å². The van der Waals surface area contributed by atoms with E-state index in [1.165, 1.54) is 11.1 Å². The summed E-state index contributed by atoms with van der Waals surface area (Å²) in [5, 5.41) is 20.2. The van der Waals surface area contributed by atoms with Gasteiger partial charge in [-0.2, -0.15) is 0 Å². The first-order valence-electron chi connectivity index (χ1n) is 14.3. The molecule has 0 aliphatic rings. The van der Waals surface area contributed by atoms with Gasteiger partial charge in [-0.3, -0.25) is 0 Å². The van der Waals surface area contributed by atoms with E-state index in [9.17, 15) is 10.2 Å². The first-order chi connectivity index (χ1) is 18.6. The van der Waals surface area contributed by atoms with Crippen molar-refractivity contribution in [2.24, 2.45) is 5.92 Å². The van der Waals surface area contributed by atoms with Crippen LogP contribution in [0.15, 0.2) is 109 Å². The van der Waals surface area contributed by atoms with Crippen molar-refractivity contribution in [3.05, 3.63) is 131 Å². The summed E-state index contributed by atoms with van der Waals surface area (Å²) in [6, 6.07) is 37.3. The van der Waals surface area contributed by atoms with Crippen LogP contribution in [0.4, 0.5) is 0 Å². The summed E-state index contributed by atoms with van der Waals surface area (Å²) < 4.78 is 0. The van der Waals surface area contributed by atoms with E-state index in [0.29, 0.717) is 5.92 Å². The maximum Gasteiger partial charge on any atom is 0.115 e. The Hall–Kier alpha value is -3.52. The van der Waals surface area contributed by atoms with Crippen LogP contribution in [0, 0.1) is 5.92 Å². The van der Waals surface area contributed by atoms with E-state index in [4.69, 9.17) is 0 Å². The minimum atomic E-state index is -0.361. The quantitative estimate of drug-likeness (QED) is 0.207. The highest BCUT2D eigenvalue weighted by Crippen LogP contribution is 2.51. The summed E-state index contributed by atoms with van der Waals surface area (Å²) in [4.78, 5) is 0. The van der Waals surface area contributed by atoms with Crippen molar-refractivity contribution in [3.63, 3.8) is 0 Å². The van der Waals surface area contributed by atoms with Crippen molar-refractivity contribution in [1.29, 1.82) is 0 Å². The van der Waals surface area contributed by atoms with Gasteiger partial charge >= 0.3 is 0 Å². The Morgan fingerprint density at radius 1 is 0.538 bits per heavy atom. The Labute approximate surface area is 235 Å². The van der Waals surface area contributed by atoms with Gasteiger partial charge in [-0.15, -0.1) is 0 Å². The fraction of sp³-hybridized carbons (Fsp3) is 0.351. The van der Waals surface area contributed by atoms with Crippen LogP contribution in [-0.2, 0) is 16.2 Å². The molecule has 3 unspecified atom stereocenters. The first-order valence-corrected chi connectivity index (χ1v) is 14.3. The Morgan fingerprint density at radius 3 is 1.36 bits per heavy atom. The summed E-state index contributed by atoms with van der Waals surface area (Å²) in [7, 11) is 0. The molecule has 0 aromatic heterocycles. The van der Waals surface area contributed by atoms with Gasteiger partial charge in [0.1, 0.15) is 11.5 Å². The molecule has 4 aromatic carbocycles. The van der Waals surface area contributed by atoms with Gasteiger partial charge in [-0.1, -0.05) is 126 Å². The lowest BCUT2D eigenvalue weighted by Crippen LogP contribution is -2.41. The second kappa shape index (κ2) is 11.7. The van der Waals surface area contributed by atoms with Crippen molar-refractivity contribution in [2.45, 2.75) is 76.5 Å². The van der Waals surface area contributed by atoms with Gasteiger partial charge in [0.25, 0.3) is 0 Å². The second-order valence-corrected chi connectivity index (χ2v) is 12.4. The Morgan fingerprint density at radius 2 is 0.949 bits per heavy atom.